The number of hydrogen-bond donors (Lipinski definition) is 1. The lowest BCUT2D eigenvalue weighted by molar-refractivity contribution is -0.117. The second-order valence-corrected chi connectivity index (χ2v) is 6.10. The van der Waals surface area contributed by atoms with Crippen LogP contribution >= 0.6 is 11.3 Å². The number of rotatable bonds is 3. The van der Waals surface area contributed by atoms with Crippen molar-refractivity contribution in [2.45, 2.75) is 12.5 Å². The summed E-state index contributed by atoms with van der Waals surface area (Å²) in [4.78, 5) is 23.8. The first-order valence-corrected chi connectivity index (χ1v) is 7.85. The van der Waals surface area contributed by atoms with Crippen LogP contribution in [0, 0.1) is 0 Å². The normalized spacial score (nSPS) is 18.3. The fourth-order valence-corrected chi connectivity index (χ4v) is 3.42. The molecule has 1 amide bonds. The number of hydrogen-bond acceptors (Lipinski definition) is 6. The first-order valence-electron chi connectivity index (χ1n) is 6.97. The molecule has 1 atom stereocenters. The summed E-state index contributed by atoms with van der Waals surface area (Å²) in [6.07, 6.45) is 5.83. The predicted molar refractivity (Wildman–Crippen MR) is 85.0 cm³/mol. The lowest BCUT2D eigenvalue weighted by Gasteiger charge is -2.15. The van der Waals surface area contributed by atoms with Gasteiger partial charge in [0, 0.05) is 19.8 Å². The Morgan fingerprint density at radius 1 is 1.41 bits per heavy atom. The van der Waals surface area contributed by atoms with Gasteiger partial charge in [0.05, 0.1) is 17.3 Å². The molecule has 22 heavy (non-hydrogen) atoms. The fourth-order valence-electron chi connectivity index (χ4n) is 2.69. The molecule has 1 N–H and O–H groups in total. The standard InChI is InChI=1S/C14H14N6OS/c1-19-7-9(6-17-19)20-4-2-11(14(20)21)18-12-10-3-5-22-13(10)16-8-15-12/h3,5-8,11H,2,4H2,1H3,(H,15,16,18). The Morgan fingerprint density at radius 2 is 2.32 bits per heavy atom. The van der Waals surface area contributed by atoms with Crippen LogP contribution in [-0.4, -0.2) is 38.2 Å². The summed E-state index contributed by atoms with van der Waals surface area (Å²) in [6.45, 7) is 0.681. The van der Waals surface area contributed by atoms with Gasteiger partial charge >= 0.3 is 0 Å². The highest BCUT2D eigenvalue weighted by Crippen LogP contribution is 2.27. The predicted octanol–water partition coefficient (Wildman–Crippen LogP) is 1.64. The van der Waals surface area contributed by atoms with Gasteiger partial charge in [-0.3, -0.25) is 9.48 Å². The monoisotopic (exact) mass is 314 g/mol. The molecule has 0 aliphatic carbocycles. The van der Waals surface area contributed by atoms with Crippen molar-refractivity contribution in [2.75, 3.05) is 16.8 Å². The van der Waals surface area contributed by atoms with Gasteiger partial charge in [-0.2, -0.15) is 5.10 Å². The number of thiophene rings is 1. The highest BCUT2D eigenvalue weighted by atomic mass is 32.1. The minimum atomic E-state index is -0.266. The van der Waals surface area contributed by atoms with Crippen molar-refractivity contribution in [3.8, 4) is 0 Å². The van der Waals surface area contributed by atoms with Gasteiger partial charge in [0.2, 0.25) is 5.91 Å². The van der Waals surface area contributed by atoms with E-state index >= 15 is 0 Å². The zero-order valence-corrected chi connectivity index (χ0v) is 12.7. The second kappa shape index (κ2) is 5.06. The molecule has 0 radical (unpaired) electrons. The molecule has 3 aromatic rings. The molecule has 4 rings (SSSR count). The van der Waals surface area contributed by atoms with Crippen LogP contribution in [0.4, 0.5) is 11.5 Å². The number of nitrogens with one attached hydrogen (secondary N) is 1. The molecule has 8 heteroatoms. The molecule has 1 aliphatic heterocycles. The molecule has 1 fully saturated rings. The summed E-state index contributed by atoms with van der Waals surface area (Å²) in [5.74, 6) is 0.771. The molecule has 1 aliphatic rings. The Kier molecular flexibility index (Phi) is 3.04. The maximum atomic E-state index is 12.6. The summed E-state index contributed by atoms with van der Waals surface area (Å²) >= 11 is 1.56. The highest BCUT2D eigenvalue weighted by Gasteiger charge is 2.33. The van der Waals surface area contributed by atoms with Gasteiger partial charge in [0.25, 0.3) is 0 Å². The van der Waals surface area contributed by atoms with Crippen LogP contribution in [0.2, 0.25) is 0 Å². The van der Waals surface area contributed by atoms with Crippen molar-refractivity contribution < 1.29 is 4.79 Å². The van der Waals surface area contributed by atoms with Crippen LogP contribution in [-0.2, 0) is 11.8 Å². The van der Waals surface area contributed by atoms with Crippen LogP contribution in [0.15, 0.2) is 30.2 Å². The topological polar surface area (TPSA) is 75.9 Å². The van der Waals surface area contributed by atoms with Crippen molar-refractivity contribution in [2.24, 2.45) is 7.05 Å². The minimum Gasteiger partial charge on any atom is -0.358 e. The summed E-state index contributed by atoms with van der Waals surface area (Å²) in [7, 11) is 1.84. The van der Waals surface area contributed by atoms with Gasteiger partial charge in [-0.25, -0.2) is 9.97 Å². The maximum Gasteiger partial charge on any atom is 0.249 e. The first-order chi connectivity index (χ1) is 10.7. The molecule has 0 saturated carbocycles. The van der Waals surface area contributed by atoms with Gasteiger partial charge < -0.3 is 10.2 Å². The van der Waals surface area contributed by atoms with E-state index in [1.807, 2.05) is 24.7 Å². The van der Waals surface area contributed by atoms with Crippen molar-refractivity contribution >= 4 is 39.0 Å². The average Bonchev–Trinajstić information content (AvgIpc) is 3.21. The number of carbonyl (C=O) groups is 1. The van der Waals surface area contributed by atoms with E-state index in [0.717, 1.165) is 28.1 Å². The number of nitrogens with zero attached hydrogens (tertiary/aromatic N) is 5. The Hall–Kier alpha value is -2.48. The van der Waals surface area contributed by atoms with Gasteiger partial charge in [-0.15, -0.1) is 11.3 Å². The molecule has 0 aromatic carbocycles. The second-order valence-electron chi connectivity index (χ2n) is 5.21. The van der Waals surface area contributed by atoms with E-state index in [0.29, 0.717) is 6.54 Å². The molecule has 112 valence electrons. The first kappa shape index (κ1) is 13.2. The number of carbonyl (C=O) groups excluding carboxylic acids is 1. The summed E-state index contributed by atoms with van der Waals surface area (Å²) in [6, 6.07) is 1.71. The Labute approximate surface area is 130 Å². The number of amides is 1. The van der Waals surface area contributed by atoms with Crippen molar-refractivity contribution in [1.29, 1.82) is 0 Å². The third-order valence-electron chi connectivity index (χ3n) is 3.78. The molecular weight excluding hydrogens is 300 g/mol. The van der Waals surface area contributed by atoms with Gasteiger partial charge in [0.15, 0.2) is 0 Å². The molecule has 1 saturated heterocycles. The van der Waals surface area contributed by atoms with E-state index < -0.39 is 0 Å². The Balaban J connectivity index is 1.57. The zero-order chi connectivity index (χ0) is 15.1. The van der Waals surface area contributed by atoms with E-state index in [-0.39, 0.29) is 11.9 Å². The smallest absolute Gasteiger partial charge is 0.249 e. The average molecular weight is 314 g/mol. The number of fused-ring (bicyclic) bond motifs is 1. The van der Waals surface area contributed by atoms with E-state index in [9.17, 15) is 4.79 Å². The van der Waals surface area contributed by atoms with Crippen LogP contribution < -0.4 is 10.2 Å². The van der Waals surface area contributed by atoms with Crippen molar-refractivity contribution in [3.63, 3.8) is 0 Å². The van der Waals surface area contributed by atoms with Crippen LogP contribution in [0.5, 0.6) is 0 Å². The van der Waals surface area contributed by atoms with E-state index in [4.69, 9.17) is 0 Å². The molecule has 0 bridgehead atoms. The Bertz CT molecular complexity index is 841. The van der Waals surface area contributed by atoms with Crippen LogP contribution in [0.25, 0.3) is 10.2 Å². The maximum absolute atomic E-state index is 12.6. The summed E-state index contributed by atoms with van der Waals surface area (Å²) < 4.78 is 1.70. The van der Waals surface area contributed by atoms with Gasteiger partial charge in [-0.05, 0) is 17.9 Å². The zero-order valence-electron chi connectivity index (χ0n) is 11.9. The van der Waals surface area contributed by atoms with E-state index in [1.165, 1.54) is 6.33 Å². The highest BCUT2D eigenvalue weighted by molar-refractivity contribution is 7.16. The third kappa shape index (κ3) is 2.12. The quantitative estimate of drug-likeness (QED) is 0.795. The Morgan fingerprint density at radius 3 is 3.14 bits per heavy atom. The van der Waals surface area contributed by atoms with Gasteiger partial charge in [0.1, 0.15) is 23.0 Å². The summed E-state index contributed by atoms with van der Waals surface area (Å²) in [5, 5.41) is 10.3. The largest absolute Gasteiger partial charge is 0.358 e. The van der Waals surface area contributed by atoms with Crippen LogP contribution in [0.3, 0.4) is 0 Å². The number of aromatic nitrogens is 4. The lowest BCUT2D eigenvalue weighted by atomic mass is 10.2. The molecule has 7 nitrogen and oxygen atoms in total. The fraction of sp³-hybridized carbons (Fsp3) is 0.286. The molecule has 4 heterocycles. The molecule has 1 unspecified atom stereocenters. The SMILES string of the molecule is Cn1cc(N2CCC(Nc3ncnc4sccc34)C2=O)cn1. The summed E-state index contributed by atoms with van der Waals surface area (Å²) in [5.41, 5.74) is 0.833. The van der Waals surface area contributed by atoms with Crippen molar-refractivity contribution in [1.82, 2.24) is 19.7 Å². The minimum absolute atomic E-state index is 0.0509. The number of aryl methyl sites for hydroxylation is 1. The number of anilines is 2. The molecular formula is C14H14N6OS. The van der Waals surface area contributed by atoms with Crippen molar-refractivity contribution in [3.05, 3.63) is 30.2 Å². The van der Waals surface area contributed by atoms with E-state index in [2.05, 4.69) is 20.4 Å². The van der Waals surface area contributed by atoms with E-state index in [1.54, 1.807) is 27.1 Å². The van der Waals surface area contributed by atoms with Crippen LogP contribution in [0.1, 0.15) is 6.42 Å². The molecule has 3 aromatic heterocycles. The third-order valence-corrected chi connectivity index (χ3v) is 4.60. The van der Waals surface area contributed by atoms with Gasteiger partial charge in [-0.1, -0.05) is 0 Å². The molecule has 0 spiro atoms. The lowest BCUT2D eigenvalue weighted by Crippen LogP contribution is -2.33.